The molecule has 0 saturated heterocycles. The van der Waals surface area contributed by atoms with Gasteiger partial charge in [0.2, 0.25) is 0 Å². The summed E-state index contributed by atoms with van der Waals surface area (Å²) in [5.74, 6) is 0. The minimum Gasteiger partial charge on any atom is -0.655 e. The summed E-state index contributed by atoms with van der Waals surface area (Å²) in [6, 6.07) is 9.08. The predicted molar refractivity (Wildman–Crippen MR) is 134 cm³/mol. The Kier molecular flexibility index (Phi) is 22.9. The van der Waals surface area contributed by atoms with Gasteiger partial charge in [0, 0.05) is 22.0 Å². The van der Waals surface area contributed by atoms with Crippen molar-refractivity contribution in [1.82, 2.24) is 0 Å². The second-order valence-corrected chi connectivity index (χ2v) is 15.9. The molecule has 0 heterocycles. The number of benzene rings is 1. The maximum atomic E-state index is 7.75. The molecule has 1 aromatic carbocycles. The molecule has 0 aliphatic carbocycles. The van der Waals surface area contributed by atoms with Crippen LogP contribution in [0.15, 0.2) is 24.3 Å². The summed E-state index contributed by atoms with van der Waals surface area (Å²) < 4.78 is 0. The molecule has 0 unspecified atom stereocenters. The average Bonchev–Trinajstić information content (AvgIpc) is 2.65. The van der Waals surface area contributed by atoms with Crippen LogP contribution in [0.3, 0.4) is 0 Å². The Morgan fingerprint density at radius 3 is 1.66 bits per heavy atom. The van der Waals surface area contributed by atoms with Crippen molar-refractivity contribution in [1.29, 1.82) is 0 Å². The number of hydrogen-bond acceptors (Lipinski definition) is 2. The zero-order valence-corrected chi connectivity index (χ0v) is 22.7. The van der Waals surface area contributed by atoms with Crippen molar-refractivity contribution < 1.29 is 26.7 Å². The van der Waals surface area contributed by atoms with Gasteiger partial charge in [-0.15, -0.1) is 13.1 Å². The Labute approximate surface area is 193 Å². The number of rotatable bonds is 10. The van der Waals surface area contributed by atoms with E-state index in [-0.39, 0.29) is 25.0 Å². The summed E-state index contributed by atoms with van der Waals surface area (Å²) in [6.07, 6.45) is 1.33. The zero-order valence-electron chi connectivity index (χ0n) is 19.5. The molecule has 166 valence electrons. The SMILES string of the molecule is CC(C)[PH+](CC[N-]Cc1ccccc1[PH+](C(C)C)C(C)C)C(C)C.[CH-]=O.[CH-]=O.[Mn+3]. The molecule has 0 saturated carbocycles. The van der Waals surface area contributed by atoms with E-state index in [0.29, 0.717) is 0 Å². The summed E-state index contributed by atoms with van der Waals surface area (Å²) in [7, 11) is -0.791. The maximum Gasteiger partial charge on any atom is 3.00 e. The fourth-order valence-electron chi connectivity index (χ4n) is 3.88. The molecule has 0 aromatic heterocycles. The summed E-state index contributed by atoms with van der Waals surface area (Å²) in [5, 5.41) is 6.57. The Morgan fingerprint density at radius 1 is 0.793 bits per heavy atom. The molecule has 6 heteroatoms. The van der Waals surface area contributed by atoms with Crippen LogP contribution >= 0.6 is 15.8 Å². The van der Waals surface area contributed by atoms with Gasteiger partial charge in [0.1, 0.15) is 0 Å². The largest absolute Gasteiger partial charge is 3.00 e. The van der Waals surface area contributed by atoms with Crippen LogP contribution in [0.1, 0.15) is 61.0 Å². The first-order chi connectivity index (χ1) is 13.3. The third-order valence-electron chi connectivity index (χ3n) is 4.90. The van der Waals surface area contributed by atoms with E-state index in [4.69, 9.17) is 14.9 Å². The summed E-state index contributed by atoms with van der Waals surface area (Å²) >= 11 is 0. The Hall–Kier alpha value is -0.101. The first-order valence-electron chi connectivity index (χ1n) is 10.2. The summed E-state index contributed by atoms with van der Waals surface area (Å²) in [4.78, 5) is 15.5. The molecule has 1 aromatic rings. The van der Waals surface area contributed by atoms with E-state index in [1.165, 1.54) is 11.7 Å². The Bertz CT molecular complexity index is 495. The third kappa shape index (κ3) is 13.0. The van der Waals surface area contributed by atoms with Crippen LogP contribution in [-0.2, 0) is 33.2 Å². The molecule has 0 amide bonds. The summed E-state index contributed by atoms with van der Waals surface area (Å²) in [5.41, 5.74) is 4.74. The van der Waals surface area contributed by atoms with Crippen LogP contribution in [0.25, 0.3) is 5.32 Å². The van der Waals surface area contributed by atoms with E-state index < -0.39 is 7.92 Å². The van der Waals surface area contributed by atoms with Crippen molar-refractivity contribution in [3.63, 3.8) is 0 Å². The normalized spacial score (nSPS) is 10.7. The predicted octanol–water partition coefficient (Wildman–Crippen LogP) is 5.70. The van der Waals surface area contributed by atoms with E-state index >= 15 is 0 Å². The third-order valence-corrected chi connectivity index (χ3v) is 12.3. The van der Waals surface area contributed by atoms with Gasteiger partial charge in [-0.1, -0.05) is 18.2 Å². The standard InChI is InChI=1S/C21H38NP2.2CHO.Mn/c1-16(2)23(17(3)4)14-13-22-15-20-11-9-10-12-21(20)24(18(5)6)19(7)8;2*1-2;/h9-12,16-19H,13-15H2,1-8H3;2*1H;/q3*-1;+3/p+2. The summed E-state index contributed by atoms with van der Waals surface area (Å²) in [6.45, 7) is 27.6. The average molecular weight is 481 g/mol. The minimum atomic E-state index is -0.519. The topological polar surface area (TPSA) is 48.2 Å². The second-order valence-electron chi connectivity index (χ2n) is 8.16. The van der Waals surface area contributed by atoms with Crippen molar-refractivity contribution >= 4 is 34.7 Å². The molecule has 0 bridgehead atoms. The fourth-order valence-corrected chi connectivity index (χ4v) is 10.2. The van der Waals surface area contributed by atoms with Crippen LogP contribution in [0.2, 0.25) is 0 Å². The van der Waals surface area contributed by atoms with Gasteiger partial charge >= 0.3 is 17.1 Å². The van der Waals surface area contributed by atoms with Crippen LogP contribution < -0.4 is 5.30 Å². The number of carbonyl (C=O) groups excluding carboxylic acids is 2. The maximum absolute atomic E-state index is 7.75. The number of hydrogen-bond donors (Lipinski definition) is 0. The van der Waals surface area contributed by atoms with E-state index in [2.05, 4.69) is 93.2 Å². The Balaban J connectivity index is -0.00000127. The molecular formula is C23H42MnNO2P2+2. The Morgan fingerprint density at radius 2 is 1.24 bits per heavy atom. The van der Waals surface area contributed by atoms with Gasteiger partial charge in [-0.05, 0) is 67.0 Å². The van der Waals surface area contributed by atoms with E-state index in [1.54, 1.807) is 5.30 Å². The van der Waals surface area contributed by atoms with E-state index in [9.17, 15) is 0 Å². The first-order valence-corrected chi connectivity index (χ1v) is 13.7. The van der Waals surface area contributed by atoms with Crippen LogP contribution in [-0.4, -0.2) is 48.9 Å². The molecule has 1 rings (SSSR count). The molecule has 0 aliphatic rings. The molecule has 0 aliphatic heterocycles. The number of nitrogens with zero attached hydrogens (tertiary/aromatic N) is 1. The molecule has 0 radical (unpaired) electrons. The van der Waals surface area contributed by atoms with Crippen molar-refractivity contribution in [3.05, 3.63) is 35.1 Å². The van der Waals surface area contributed by atoms with Gasteiger partial charge in [-0.25, -0.2) is 0 Å². The molecule has 0 atom stereocenters. The molecule has 3 nitrogen and oxygen atoms in total. The van der Waals surface area contributed by atoms with Gasteiger partial charge in [0.05, 0.1) is 27.9 Å². The fraction of sp³-hybridized carbons (Fsp3) is 0.652. The molecule has 0 spiro atoms. The molecule has 0 fully saturated rings. The van der Waals surface area contributed by atoms with Gasteiger partial charge in [-0.3, -0.25) is 13.6 Å². The molecule has 0 N–H and O–H groups in total. The smallest absolute Gasteiger partial charge is 0.655 e. The monoisotopic (exact) mass is 481 g/mol. The molecule has 29 heavy (non-hydrogen) atoms. The van der Waals surface area contributed by atoms with Gasteiger partial charge in [0.25, 0.3) is 0 Å². The quantitative estimate of drug-likeness (QED) is 0.142. The van der Waals surface area contributed by atoms with Crippen LogP contribution in [0.5, 0.6) is 0 Å². The minimum absolute atomic E-state index is 0. The van der Waals surface area contributed by atoms with Crippen molar-refractivity contribution in [2.24, 2.45) is 0 Å². The van der Waals surface area contributed by atoms with Gasteiger partial charge in [0.15, 0.2) is 0 Å². The zero-order chi connectivity index (χ0) is 22.3. The van der Waals surface area contributed by atoms with Crippen LogP contribution in [0, 0.1) is 0 Å². The van der Waals surface area contributed by atoms with Crippen LogP contribution in [0.4, 0.5) is 0 Å². The van der Waals surface area contributed by atoms with Crippen molar-refractivity contribution in [2.75, 3.05) is 12.7 Å². The molecular weight excluding hydrogens is 439 g/mol. The van der Waals surface area contributed by atoms with Gasteiger partial charge in [-0.2, -0.15) is 0 Å². The second kappa shape index (κ2) is 19.8. The van der Waals surface area contributed by atoms with E-state index in [1.807, 2.05) is 0 Å². The van der Waals surface area contributed by atoms with Crippen molar-refractivity contribution in [2.45, 2.75) is 84.6 Å². The van der Waals surface area contributed by atoms with Gasteiger partial charge < -0.3 is 14.9 Å². The van der Waals surface area contributed by atoms with Crippen molar-refractivity contribution in [3.8, 4) is 0 Å². The first kappa shape index (κ1) is 33.5. The van der Waals surface area contributed by atoms with E-state index in [0.717, 1.165) is 35.7 Å².